The van der Waals surface area contributed by atoms with Crippen LogP contribution < -0.4 is 14.8 Å². The Morgan fingerprint density at radius 3 is 2.24 bits per heavy atom. The molecule has 2 aromatic carbocycles. The SMILES string of the molecule is CNC(c1ccc(C)c(OC)c1)c1cc(C)ccc1OC. The molecule has 0 amide bonds. The predicted molar refractivity (Wildman–Crippen MR) is 86.4 cm³/mol. The second-order valence-electron chi connectivity index (χ2n) is 5.20. The van der Waals surface area contributed by atoms with Crippen molar-refractivity contribution in [3.8, 4) is 11.5 Å². The van der Waals surface area contributed by atoms with Gasteiger partial charge in [-0.3, -0.25) is 0 Å². The quantitative estimate of drug-likeness (QED) is 0.910. The molecular formula is C18H23NO2. The summed E-state index contributed by atoms with van der Waals surface area (Å²) in [6.07, 6.45) is 0. The van der Waals surface area contributed by atoms with E-state index < -0.39 is 0 Å². The van der Waals surface area contributed by atoms with Gasteiger partial charge >= 0.3 is 0 Å². The van der Waals surface area contributed by atoms with Crippen LogP contribution in [0.15, 0.2) is 36.4 Å². The van der Waals surface area contributed by atoms with E-state index in [1.165, 1.54) is 5.56 Å². The van der Waals surface area contributed by atoms with Gasteiger partial charge in [-0.1, -0.05) is 29.8 Å². The minimum atomic E-state index is 0.0642. The lowest BCUT2D eigenvalue weighted by molar-refractivity contribution is 0.403. The fraction of sp³-hybridized carbons (Fsp3) is 0.333. The number of hydrogen-bond donors (Lipinski definition) is 1. The van der Waals surface area contributed by atoms with Crippen molar-refractivity contribution in [1.82, 2.24) is 5.32 Å². The standard InChI is InChI=1S/C18H23NO2/c1-12-6-9-16(20-4)15(10-12)18(19-3)14-8-7-13(2)17(11-14)21-5/h6-11,18-19H,1-5H3. The van der Waals surface area contributed by atoms with Crippen molar-refractivity contribution < 1.29 is 9.47 Å². The highest BCUT2D eigenvalue weighted by molar-refractivity contribution is 5.46. The van der Waals surface area contributed by atoms with E-state index >= 15 is 0 Å². The van der Waals surface area contributed by atoms with Crippen LogP contribution in [0.1, 0.15) is 28.3 Å². The van der Waals surface area contributed by atoms with Crippen LogP contribution >= 0.6 is 0 Å². The Morgan fingerprint density at radius 1 is 0.905 bits per heavy atom. The lowest BCUT2D eigenvalue weighted by Gasteiger charge is -2.21. The first-order chi connectivity index (χ1) is 10.1. The van der Waals surface area contributed by atoms with Crippen molar-refractivity contribution in [2.24, 2.45) is 0 Å². The van der Waals surface area contributed by atoms with Gasteiger partial charge in [0, 0.05) is 5.56 Å². The summed E-state index contributed by atoms with van der Waals surface area (Å²) in [5.74, 6) is 1.79. The molecule has 112 valence electrons. The monoisotopic (exact) mass is 285 g/mol. The maximum absolute atomic E-state index is 5.51. The first-order valence-electron chi connectivity index (χ1n) is 7.07. The van der Waals surface area contributed by atoms with E-state index in [1.54, 1.807) is 14.2 Å². The highest BCUT2D eigenvalue weighted by Gasteiger charge is 2.18. The molecule has 0 spiro atoms. The Bertz CT molecular complexity index is 623. The molecule has 0 aliphatic heterocycles. The Morgan fingerprint density at radius 2 is 1.62 bits per heavy atom. The highest BCUT2D eigenvalue weighted by atomic mass is 16.5. The molecule has 0 aromatic heterocycles. The molecule has 3 nitrogen and oxygen atoms in total. The fourth-order valence-electron chi connectivity index (χ4n) is 2.60. The molecule has 2 rings (SSSR count). The first kappa shape index (κ1) is 15.4. The molecular weight excluding hydrogens is 262 g/mol. The summed E-state index contributed by atoms with van der Waals surface area (Å²) in [7, 11) is 5.36. The second-order valence-corrected chi connectivity index (χ2v) is 5.20. The van der Waals surface area contributed by atoms with Crippen molar-refractivity contribution >= 4 is 0 Å². The number of rotatable bonds is 5. The minimum Gasteiger partial charge on any atom is -0.496 e. The molecule has 1 unspecified atom stereocenters. The van der Waals surface area contributed by atoms with Gasteiger partial charge in [0.15, 0.2) is 0 Å². The molecule has 2 aromatic rings. The third-order valence-electron chi connectivity index (χ3n) is 3.75. The van der Waals surface area contributed by atoms with Gasteiger partial charge in [0.05, 0.1) is 20.3 Å². The van der Waals surface area contributed by atoms with Crippen molar-refractivity contribution in [3.63, 3.8) is 0 Å². The summed E-state index contributed by atoms with van der Waals surface area (Å²) in [6, 6.07) is 12.6. The van der Waals surface area contributed by atoms with E-state index in [1.807, 2.05) is 20.0 Å². The number of benzene rings is 2. The number of ether oxygens (including phenoxy) is 2. The number of nitrogens with one attached hydrogen (secondary N) is 1. The Kier molecular flexibility index (Phi) is 4.86. The van der Waals surface area contributed by atoms with E-state index in [2.05, 4.69) is 42.6 Å². The van der Waals surface area contributed by atoms with Gasteiger partial charge in [-0.2, -0.15) is 0 Å². The normalized spacial score (nSPS) is 12.0. The summed E-state index contributed by atoms with van der Waals surface area (Å²) in [5, 5.41) is 3.37. The third kappa shape index (κ3) is 3.19. The van der Waals surface area contributed by atoms with E-state index in [4.69, 9.17) is 9.47 Å². The third-order valence-corrected chi connectivity index (χ3v) is 3.75. The lowest BCUT2D eigenvalue weighted by Crippen LogP contribution is -2.18. The summed E-state index contributed by atoms with van der Waals surface area (Å²) in [4.78, 5) is 0. The maximum Gasteiger partial charge on any atom is 0.123 e. The van der Waals surface area contributed by atoms with Gasteiger partial charge < -0.3 is 14.8 Å². The van der Waals surface area contributed by atoms with Crippen LogP contribution in [0.2, 0.25) is 0 Å². The summed E-state index contributed by atoms with van der Waals surface area (Å²) >= 11 is 0. The maximum atomic E-state index is 5.51. The Balaban J connectivity index is 2.51. The van der Waals surface area contributed by atoms with Crippen LogP contribution in [-0.2, 0) is 0 Å². The van der Waals surface area contributed by atoms with Crippen LogP contribution in [0.4, 0.5) is 0 Å². The predicted octanol–water partition coefficient (Wildman–Crippen LogP) is 3.63. The molecule has 0 fully saturated rings. The van der Waals surface area contributed by atoms with Crippen LogP contribution in [0.25, 0.3) is 0 Å². The van der Waals surface area contributed by atoms with Gasteiger partial charge in [-0.25, -0.2) is 0 Å². The summed E-state index contributed by atoms with van der Waals surface area (Å²) in [5.41, 5.74) is 4.63. The minimum absolute atomic E-state index is 0.0642. The average molecular weight is 285 g/mol. The topological polar surface area (TPSA) is 30.5 Å². The number of methoxy groups -OCH3 is 2. The van der Waals surface area contributed by atoms with E-state index in [0.29, 0.717) is 0 Å². The summed E-state index contributed by atoms with van der Waals surface area (Å²) < 4.78 is 11.0. The van der Waals surface area contributed by atoms with Crippen LogP contribution in [0.3, 0.4) is 0 Å². The zero-order valence-electron chi connectivity index (χ0n) is 13.4. The van der Waals surface area contributed by atoms with Crippen molar-refractivity contribution in [1.29, 1.82) is 0 Å². The van der Waals surface area contributed by atoms with Gasteiger partial charge in [-0.15, -0.1) is 0 Å². The zero-order chi connectivity index (χ0) is 15.4. The van der Waals surface area contributed by atoms with Crippen molar-refractivity contribution in [2.45, 2.75) is 19.9 Å². The fourth-order valence-corrected chi connectivity index (χ4v) is 2.60. The largest absolute Gasteiger partial charge is 0.496 e. The van der Waals surface area contributed by atoms with Crippen molar-refractivity contribution in [2.75, 3.05) is 21.3 Å². The molecule has 0 aliphatic carbocycles. The smallest absolute Gasteiger partial charge is 0.123 e. The first-order valence-corrected chi connectivity index (χ1v) is 7.07. The van der Waals surface area contributed by atoms with Gasteiger partial charge in [0.2, 0.25) is 0 Å². The second kappa shape index (κ2) is 6.64. The van der Waals surface area contributed by atoms with Crippen LogP contribution in [0.5, 0.6) is 11.5 Å². The molecule has 3 heteroatoms. The van der Waals surface area contributed by atoms with Crippen molar-refractivity contribution in [3.05, 3.63) is 58.7 Å². The Labute approximate surface area is 126 Å². The van der Waals surface area contributed by atoms with Gasteiger partial charge in [0.1, 0.15) is 11.5 Å². The molecule has 0 saturated heterocycles. The highest BCUT2D eigenvalue weighted by Crippen LogP contribution is 2.33. The lowest BCUT2D eigenvalue weighted by atomic mass is 9.95. The molecule has 0 heterocycles. The number of aryl methyl sites for hydroxylation is 2. The van der Waals surface area contributed by atoms with E-state index in [0.717, 1.165) is 28.2 Å². The molecule has 1 atom stereocenters. The Hall–Kier alpha value is -2.00. The molecule has 0 bridgehead atoms. The van der Waals surface area contributed by atoms with E-state index in [9.17, 15) is 0 Å². The molecule has 21 heavy (non-hydrogen) atoms. The van der Waals surface area contributed by atoms with Crippen LogP contribution in [-0.4, -0.2) is 21.3 Å². The van der Waals surface area contributed by atoms with Gasteiger partial charge in [0.25, 0.3) is 0 Å². The molecule has 0 saturated carbocycles. The average Bonchev–Trinajstić information content (AvgIpc) is 2.50. The molecule has 0 aliphatic rings. The summed E-state index contributed by atoms with van der Waals surface area (Å²) in [6.45, 7) is 4.13. The van der Waals surface area contributed by atoms with E-state index in [-0.39, 0.29) is 6.04 Å². The number of hydrogen-bond acceptors (Lipinski definition) is 3. The molecule has 1 N–H and O–H groups in total. The zero-order valence-corrected chi connectivity index (χ0v) is 13.4. The molecule has 0 radical (unpaired) electrons. The van der Waals surface area contributed by atoms with Crippen LogP contribution in [0, 0.1) is 13.8 Å². The van der Waals surface area contributed by atoms with Gasteiger partial charge in [-0.05, 0) is 44.2 Å².